The highest BCUT2D eigenvalue weighted by atomic mass is 15.0. The van der Waals surface area contributed by atoms with Crippen LogP contribution in [-0.4, -0.2) is 19.4 Å². The van der Waals surface area contributed by atoms with Gasteiger partial charge in [-0.15, -0.1) is 0 Å². The van der Waals surface area contributed by atoms with E-state index in [-0.39, 0.29) is 0 Å². The van der Waals surface area contributed by atoms with E-state index in [1.165, 1.54) is 5.56 Å². The molecule has 4 nitrogen and oxygen atoms in total. The van der Waals surface area contributed by atoms with Gasteiger partial charge in [-0.1, -0.05) is 6.07 Å². The number of imidazole rings is 1. The van der Waals surface area contributed by atoms with Crippen molar-refractivity contribution in [3.05, 3.63) is 48.2 Å². The van der Waals surface area contributed by atoms with Gasteiger partial charge in [0.2, 0.25) is 0 Å². The van der Waals surface area contributed by atoms with E-state index in [0.29, 0.717) is 0 Å². The number of fused-ring (bicyclic) bond motifs is 5. The van der Waals surface area contributed by atoms with Crippen molar-refractivity contribution < 1.29 is 0 Å². The molecule has 1 aliphatic rings. The summed E-state index contributed by atoms with van der Waals surface area (Å²) in [5, 5.41) is 0. The average Bonchev–Trinajstić information content (AvgIpc) is 2.77. The number of nitrogens with zero attached hydrogens (tertiary/aromatic N) is 4. The predicted molar refractivity (Wildman–Crippen MR) is 63.6 cm³/mol. The van der Waals surface area contributed by atoms with E-state index in [2.05, 4.69) is 19.4 Å². The van der Waals surface area contributed by atoms with E-state index in [0.717, 1.165) is 35.6 Å². The maximum absolute atomic E-state index is 4.65. The van der Waals surface area contributed by atoms with E-state index in [1.54, 1.807) is 6.33 Å². The molecule has 3 aromatic rings. The van der Waals surface area contributed by atoms with E-state index in [9.17, 15) is 0 Å². The number of hydrogen-bond donors (Lipinski definition) is 0. The zero-order chi connectivity index (χ0) is 11.2. The Balaban J connectivity index is 2.14. The Morgan fingerprint density at radius 3 is 3.18 bits per heavy atom. The molecule has 82 valence electrons. The summed E-state index contributed by atoms with van der Waals surface area (Å²) in [6.07, 6.45) is 7.51. The summed E-state index contributed by atoms with van der Waals surface area (Å²) in [6.45, 7) is 0. The Bertz CT molecular complexity index is 714. The van der Waals surface area contributed by atoms with Crippen molar-refractivity contribution in [2.75, 3.05) is 0 Å². The van der Waals surface area contributed by atoms with Crippen molar-refractivity contribution in [3.63, 3.8) is 0 Å². The molecule has 0 bridgehead atoms. The van der Waals surface area contributed by atoms with Gasteiger partial charge in [-0.05, 0) is 30.5 Å². The summed E-state index contributed by atoms with van der Waals surface area (Å²) in [4.78, 5) is 13.2. The minimum Gasteiger partial charge on any atom is -0.298 e. The summed E-state index contributed by atoms with van der Waals surface area (Å²) in [7, 11) is 0. The van der Waals surface area contributed by atoms with Gasteiger partial charge in [0.05, 0.1) is 17.1 Å². The highest BCUT2D eigenvalue weighted by Gasteiger charge is 2.22. The second-order valence-corrected chi connectivity index (χ2v) is 4.23. The third-order valence-corrected chi connectivity index (χ3v) is 3.25. The number of rotatable bonds is 0. The van der Waals surface area contributed by atoms with Gasteiger partial charge in [0, 0.05) is 12.4 Å². The van der Waals surface area contributed by atoms with Gasteiger partial charge in [-0.3, -0.25) is 4.40 Å². The van der Waals surface area contributed by atoms with Crippen molar-refractivity contribution in [1.82, 2.24) is 19.4 Å². The Labute approximate surface area is 98.0 Å². The van der Waals surface area contributed by atoms with Crippen LogP contribution in [0.15, 0.2) is 36.9 Å². The molecular formula is C13H10N4. The van der Waals surface area contributed by atoms with Gasteiger partial charge in [-0.25, -0.2) is 15.0 Å². The second kappa shape index (κ2) is 3.13. The zero-order valence-electron chi connectivity index (χ0n) is 9.17. The lowest BCUT2D eigenvalue weighted by Gasteiger charge is -2.13. The van der Waals surface area contributed by atoms with Crippen LogP contribution >= 0.6 is 0 Å². The summed E-state index contributed by atoms with van der Waals surface area (Å²) < 4.78 is 2.11. The molecule has 0 fully saturated rings. The van der Waals surface area contributed by atoms with Crippen LogP contribution in [0, 0.1) is 0 Å². The first-order valence-electron chi connectivity index (χ1n) is 5.69. The average molecular weight is 222 g/mol. The fourth-order valence-corrected chi connectivity index (χ4v) is 2.48. The molecular weight excluding hydrogens is 212 g/mol. The highest BCUT2D eigenvalue weighted by Crippen LogP contribution is 2.31. The normalized spacial score (nSPS) is 13.4. The Morgan fingerprint density at radius 2 is 2.18 bits per heavy atom. The lowest BCUT2D eigenvalue weighted by Crippen LogP contribution is -2.07. The van der Waals surface area contributed by atoms with Crippen LogP contribution < -0.4 is 0 Å². The first-order chi connectivity index (χ1) is 8.43. The number of hydrogen-bond acceptors (Lipinski definition) is 3. The number of aromatic nitrogens is 4. The maximum atomic E-state index is 4.65. The standard InChI is InChI=1S/C13H10N4/c1-2-6-17-11(3-1)16-10-5-4-9-7-14-8-15-12(9)13(10)17/h1-3,6-8H,4-5H2. The smallest absolute Gasteiger partial charge is 0.137 e. The third kappa shape index (κ3) is 1.15. The predicted octanol–water partition coefficient (Wildman–Crippen LogP) is 1.89. The van der Waals surface area contributed by atoms with E-state index >= 15 is 0 Å². The molecule has 0 atom stereocenters. The molecule has 4 rings (SSSR count). The van der Waals surface area contributed by atoms with E-state index in [4.69, 9.17) is 0 Å². The van der Waals surface area contributed by atoms with E-state index < -0.39 is 0 Å². The van der Waals surface area contributed by atoms with Crippen LogP contribution in [0.2, 0.25) is 0 Å². The van der Waals surface area contributed by atoms with Gasteiger partial charge in [0.15, 0.2) is 0 Å². The van der Waals surface area contributed by atoms with Crippen molar-refractivity contribution in [2.45, 2.75) is 12.8 Å². The van der Waals surface area contributed by atoms with Crippen LogP contribution in [0.25, 0.3) is 17.0 Å². The first-order valence-corrected chi connectivity index (χ1v) is 5.69. The van der Waals surface area contributed by atoms with Crippen molar-refractivity contribution in [1.29, 1.82) is 0 Å². The van der Waals surface area contributed by atoms with Gasteiger partial charge < -0.3 is 0 Å². The summed E-state index contributed by atoms with van der Waals surface area (Å²) in [5.41, 5.74) is 5.50. The van der Waals surface area contributed by atoms with Crippen LogP contribution in [0.5, 0.6) is 0 Å². The molecule has 0 spiro atoms. The fraction of sp³-hybridized carbons (Fsp3) is 0.154. The molecule has 0 saturated carbocycles. The number of aryl methyl sites for hydroxylation is 2. The zero-order valence-corrected chi connectivity index (χ0v) is 9.17. The van der Waals surface area contributed by atoms with Crippen LogP contribution in [0.1, 0.15) is 11.3 Å². The Kier molecular flexibility index (Phi) is 1.63. The molecule has 4 heteroatoms. The lowest BCUT2D eigenvalue weighted by atomic mass is 9.98. The van der Waals surface area contributed by atoms with Crippen molar-refractivity contribution in [3.8, 4) is 11.4 Å². The van der Waals surface area contributed by atoms with E-state index in [1.807, 2.05) is 30.6 Å². The Hall–Kier alpha value is -2.23. The Morgan fingerprint density at radius 1 is 1.18 bits per heavy atom. The highest BCUT2D eigenvalue weighted by molar-refractivity contribution is 5.68. The van der Waals surface area contributed by atoms with Crippen molar-refractivity contribution in [2.24, 2.45) is 0 Å². The third-order valence-electron chi connectivity index (χ3n) is 3.25. The molecule has 0 saturated heterocycles. The SMILES string of the molecule is c1ccn2c3c(nc2c1)CCc1cncnc1-3. The van der Waals surface area contributed by atoms with Crippen LogP contribution in [0.4, 0.5) is 0 Å². The molecule has 0 aromatic carbocycles. The van der Waals surface area contributed by atoms with Gasteiger partial charge in [0.1, 0.15) is 12.0 Å². The monoisotopic (exact) mass is 222 g/mol. The quantitative estimate of drug-likeness (QED) is 0.583. The molecule has 3 heterocycles. The first kappa shape index (κ1) is 8.87. The second-order valence-electron chi connectivity index (χ2n) is 4.23. The molecule has 0 amide bonds. The molecule has 0 radical (unpaired) electrons. The fourth-order valence-electron chi connectivity index (χ4n) is 2.48. The lowest BCUT2D eigenvalue weighted by molar-refractivity contribution is 0.881. The minimum atomic E-state index is 0.970. The summed E-state index contributed by atoms with van der Waals surface area (Å²) in [5.74, 6) is 0. The maximum Gasteiger partial charge on any atom is 0.137 e. The molecule has 3 aromatic heterocycles. The molecule has 17 heavy (non-hydrogen) atoms. The topological polar surface area (TPSA) is 43.1 Å². The van der Waals surface area contributed by atoms with Gasteiger partial charge in [-0.2, -0.15) is 0 Å². The molecule has 0 aliphatic heterocycles. The van der Waals surface area contributed by atoms with Crippen LogP contribution in [-0.2, 0) is 12.8 Å². The molecule has 0 unspecified atom stereocenters. The number of pyridine rings is 1. The minimum absolute atomic E-state index is 0.970. The summed E-state index contributed by atoms with van der Waals surface area (Å²) in [6, 6.07) is 6.05. The van der Waals surface area contributed by atoms with Gasteiger partial charge >= 0.3 is 0 Å². The molecule has 0 N–H and O–H groups in total. The molecule has 1 aliphatic carbocycles. The van der Waals surface area contributed by atoms with Crippen LogP contribution in [0.3, 0.4) is 0 Å². The van der Waals surface area contributed by atoms with Gasteiger partial charge in [0.25, 0.3) is 0 Å². The summed E-state index contributed by atoms with van der Waals surface area (Å²) >= 11 is 0. The van der Waals surface area contributed by atoms with Crippen molar-refractivity contribution >= 4 is 5.65 Å². The largest absolute Gasteiger partial charge is 0.298 e.